The van der Waals surface area contributed by atoms with Crippen LogP contribution in [0.2, 0.25) is 0 Å². The standard InChI is InChI=1S/C15H24O/c1-2-3-4-5-6-7-8-9-10-11-12-13-14-15-16/h6-7,9-10,13-15H,2-5,8,11-12H2,1H3. The second-order valence-electron chi connectivity index (χ2n) is 3.82. The predicted molar refractivity (Wildman–Crippen MR) is 71.5 cm³/mol. The largest absolute Gasteiger partial charge is 0.299 e. The monoisotopic (exact) mass is 220 g/mol. The Morgan fingerprint density at radius 2 is 1.50 bits per heavy atom. The second kappa shape index (κ2) is 13.9. The summed E-state index contributed by atoms with van der Waals surface area (Å²) in [6, 6.07) is 0. The number of hydrogen-bond acceptors (Lipinski definition) is 1. The number of carbonyl (C=O) groups is 1. The summed E-state index contributed by atoms with van der Waals surface area (Å²) in [5.41, 5.74) is 0. The molecule has 0 rings (SSSR count). The quantitative estimate of drug-likeness (QED) is 0.227. The molecule has 0 saturated carbocycles. The Labute approximate surface area is 99.9 Å². The van der Waals surface area contributed by atoms with Gasteiger partial charge in [-0.1, -0.05) is 50.1 Å². The van der Waals surface area contributed by atoms with Gasteiger partial charge in [-0.05, 0) is 38.2 Å². The van der Waals surface area contributed by atoms with Gasteiger partial charge in [0.15, 0.2) is 0 Å². The van der Waals surface area contributed by atoms with Crippen molar-refractivity contribution in [2.45, 2.75) is 51.9 Å². The number of allylic oxidation sites excluding steroid dienone is 6. The molecule has 16 heavy (non-hydrogen) atoms. The summed E-state index contributed by atoms with van der Waals surface area (Å²) in [4.78, 5) is 9.97. The first kappa shape index (κ1) is 14.9. The third-order valence-electron chi connectivity index (χ3n) is 2.29. The molecule has 1 nitrogen and oxygen atoms in total. The maximum Gasteiger partial charge on any atom is 0.142 e. The highest BCUT2D eigenvalue weighted by molar-refractivity contribution is 5.64. The molecule has 0 aromatic heterocycles. The highest BCUT2D eigenvalue weighted by Crippen LogP contribution is 2.01. The minimum atomic E-state index is 0.822. The molecule has 0 unspecified atom stereocenters. The number of hydrogen-bond donors (Lipinski definition) is 0. The van der Waals surface area contributed by atoms with Gasteiger partial charge in [0.25, 0.3) is 0 Å². The summed E-state index contributed by atoms with van der Waals surface area (Å²) < 4.78 is 0. The van der Waals surface area contributed by atoms with Gasteiger partial charge in [0.05, 0.1) is 0 Å². The molecule has 1 heteroatoms. The number of carbonyl (C=O) groups excluding carboxylic acids is 1. The van der Waals surface area contributed by atoms with E-state index in [-0.39, 0.29) is 0 Å². The van der Waals surface area contributed by atoms with E-state index in [0.717, 1.165) is 25.5 Å². The van der Waals surface area contributed by atoms with Crippen LogP contribution in [0.15, 0.2) is 36.5 Å². The SMILES string of the molecule is CCCCCC=CCC=CCCC=CC=O. The van der Waals surface area contributed by atoms with Gasteiger partial charge in [-0.2, -0.15) is 0 Å². The zero-order valence-corrected chi connectivity index (χ0v) is 10.4. The Bertz CT molecular complexity index is 224. The fourth-order valence-corrected chi connectivity index (χ4v) is 1.36. The van der Waals surface area contributed by atoms with E-state index in [1.54, 1.807) is 6.08 Å². The Morgan fingerprint density at radius 3 is 2.19 bits per heavy atom. The molecule has 0 N–H and O–H groups in total. The maximum absolute atomic E-state index is 9.97. The summed E-state index contributed by atoms with van der Waals surface area (Å²) in [5, 5.41) is 0. The van der Waals surface area contributed by atoms with Gasteiger partial charge < -0.3 is 0 Å². The van der Waals surface area contributed by atoms with E-state index >= 15 is 0 Å². The lowest BCUT2D eigenvalue weighted by Gasteiger charge is -1.90. The van der Waals surface area contributed by atoms with Crippen LogP contribution in [0.5, 0.6) is 0 Å². The van der Waals surface area contributed by atoms with Gasteiger partial charge in [0, 0.05) is 0 Å². The van der Waals surface area contributed by atoms with Gasteiger partial charge in [-0.15, -0.1) is 0 Å². The van der Waals surface area contributed by atoms with Gasteiger partial charge in [-0.3, -0.25) is 4.79 Å². The lowest BCUT2D eigenvalue weighted by Crippen LogP contribution is -1.70. The van der Waals surface area contributed by atoms with Crippen LogP contribution < -0.4 is 0 Å². The molecular weight excluding hydrogens is 196 g/mol. The average Bonchev–Trinajstić information content (AvgIpc) is 2.31. The maximum atomic E-state index is 9.97. The average molecular weight is 220 g/mol. The molecule has 0 aromatic carbocycles. The Kier molecular flexibility index (Phi) is 12.9. The second-order valence-corrected chi connectivity index (χ2v) is 3.82. The minimum Gasteiger partial charge on any atom is -0.299 e. The lowest BCUT2D eigenvalue weighted by atomic mass is 10.2. The van der Waals surface area contributed by atoms with Crippen LogP contribution in [-0.2, 0) is 4.79 Å². The van der Waals surface area contributed by atoms with E-state index in [2.05, 4.69) is 31.2 Å². The van der Waals surface area contributed by atoms with E-state index in [9.17, 15) is 4.79 Å². The van der Waals surface area contributed by atoms with Crippen molar-refractivity contribution >= 4 is 6.29 Å². The van der Waals surface area contributed by atoms with Crippen LogP contribution in [0.25, 0.3) is 0 Å². The van der Waals surface area contributed by atoms with E-state index in [4.69, 9.17) is 0 Å². The molecule has 0 amide bonds. The van der Waals surface area contributed by atoms with Crippen molar-refractivity contribution in [1.29, 1.82) is 0 Å². The van der Waals surface area contributed by atoms with Crippen LogP contribution in [0, 0.1) is 0 Å². The highest BCUT2D eigenvalue weighted by atomic mass is 16.1. The molecule has 0 radical (unpaired) electrons. The topological polar surface area (TPSA) is 17.1 Å². The lowest BCUT2D eigenvalue weighted by molar-refractivity contribution is -0.104. The normalized spacial score (nSPS) is 12.1. The molecule has 90 valence electrons. The molecule has 0 aromatic rings. The zero-order chi connectivity index (χ0) is 11.9. The first-order chi connectivity index (χ1) is 7.91. The van der Waals surface area contributed by atoms with Crippen LogP contribution in [-0.4, -0.2) is 6.29 Å². The molecule has 0 aliphatic heterocycles. The van der Waals surface area contributed by atoms with Crippen LogP contribution in [0.3, 0.4) is 0 Å². The summed E-state index contributed by atoms with van der Waals surface area (Å²) in [5.74, 6) is 0. The molecule has 0 fully saturated rings. The molecule has 0 heterocycles. The van der Waals surface area contributed by atoms with E-state index in [1.165, 1.54) is 25.7 Å². The fraction of sp³-hybridized carbons (Fsp3) is 0.533. The third kappa shape index (κ3) is 12.9. The van der Waals surface area contributed by atoms with Crippen molar-refractivity contribution in [3.63, 3.8) is 0 Å². The Balaban J connectivity index is 3.26. The summed E-state index contributed by atoms with van der Waals surface area (Å²) in [7, 11) is 0. The molecule has 0 saturated heterocycles. The van der Waals surface area contributed by atoms with Crippen molar-refractivity contribution in [3.8, 4) is 0 Å². The Morgan fingerprint density at radius 1 is 0.812 bits per heavy atom. The van der Waals surface area contributed by atoms with Crippen LogP contribution >= 0.6 is 0 Å². The number of unbranched alkanes of at least 4 members (excludes halogenated alkanes) is 4. The minimum absolute atomic E-state index is 0.822. The van der Waals surface area contributed by atoms with Gasteiger partial charge >= 0.3 is 0 Å². The van der Waals surface area contributed by atoms with Gasteiger partial charge in [0.1, 0.15) is 6.29 Å². The van der Waals surface area contributed by atoms with Crippen molar-refractivity contribution in [2.24, 2.45) is 0 Å². The van der Waals surface area contributed by atoms with Crippen molar-refractivity contribution < 1.29 is 4.79 Å². The van der Waals surface area contributed by atoms with Crippen LogP contribution in [0.1, 0.15) is 51.9 Å². The predicted octanol–water partition coefficient (Wildman–Crippen LogP) is 4.60. The van der Waals surface area contributed by atoms with Crippen molar-refractivity contribution in [1.82, 2.24) is 0 Å². The van der Waals surface area contributed by atoms with Gasteiger partial charge in [-0.25, -0.2) is 0 Å². The highest BCUT2D eigenvalue weighted by Gasteiger charge is 1.80. The van der Waals surface area contributed by atoms with E-state index in [1.807, 2.05) is 6.08 Å². The molecule has 0 aliphatic rings. The van der Waals surface area contributed by atoms with Crippen molar-refractivity contribution in [2.75, 3.05) is 0 Å². The van der Waals surface area contributed by atoms with Crippen LogP contribution in [0.4, 0.5) is 0 Å². The summed E-state index contributed by atoms with van der Waals surface area (Å²) in [6.45, 7) is 2.23. The summed E-state index contributed by atoms with van der Waals surface area (Å²) in [6.07, 6.45) is 21.3. The van der Waals surface area contributed by atoms with Crippen molar-refractivity contribution in [3.05, 3.63) is 36.5 Å². The Hall–Kier alpha value is -1.11. The molecule has 0 spiro atoms. The molecule has 0 aliphatic carbocycles. The van der Waals surface area contributed by atoms with E-state index in [0.29, 0.717) is 0 Å². The smallest absolute Gasteiger partial charge is 0.142 e. The number of aldehydes is 1. The number of rotatable bonds is 10. The molecule has 0 atom stereocenters. The first-order valence-electron chi connectivity index (χ1n) is 6.32. The first-order valence-corrected chi connectivity index (χ1v) is 6.32. The molecular formula is C15H24O. The fourth-order valence-electron chi connectivity index (χ4n) is 1.36. The molecule has 0 bridgehead atoms. The zero-order valence-electron chi connectivity index (χ0n) is 10.4. The van der Waals surface area contributed by atoms with E-state index < -0.39 is 0 Å². The third-order valence-corrected chi connectivity index (χ3v) is 2.29. The summed E-state index contributed by atoms with van der Waals surface area (Å²) >= 11 is 0. The van der Waals surface area contributed by atoms with Gasteiger partial charge in [0.2, 0.25) is 0 Å².